The first-order chi connectivity index (χ1) is 14.1. The Morgan fingerprint density at radius 2 is 1.97 bits per heavy atom. The Morgan fingerprint density at radius 3 is 2.62 bits per heavy atom. The quantitative estimate of drug-likeness (QED) is 0.493. The molecule has 1 heterocycles. The molecular weight excluding hydrogens is 368 g/mol. The largest absolute Gasteiger partial charge is 0.497 e. The van der Waals surface area contributed by atoms with E-state index in [2.05, 4.69) is 15.6 Å². The van der Waals surface area contributed by atoms with E-state index in [0.717, 1.165) is 17.0 Å². The van der Waals surface area contributed by atoms with Gasteiger partial charge in [0.25, 0.3) is 0 Å². The Labute approximate surface area is 171 Å². The number of hydrogen-bond acceptors (Lipinski definition) is 4. The molecule has 3 rings (SSSR count). The lowest BCUT2D eigenvalue weighted by atomic mass is 10.1. The third-order valence-corrected chi connectivity index (χ3v) is 4.80. The van der Waals surface area contributed by atoms with Gasteiger partial charge < -0.3 is 25.4 Å². The number of anilines is 1. The van der Waals surface area contributed by atoms with Crippen molar-refractivity contribution in [3.63, 3.8) is 0 Å². The van der Waals surface area contributed by atoms with Crippen molar-refractivity contribution in [2.45, 2.75) is 25.5 Å². The van der Waals surface area contributed by atoms with Crippen LogP contribution in [0, 0.1) is 0 Å². The van der Waals surface area contributed by atoms with Crippen molar-refractivity contribution >= 4 is 17.6 Å². The standard InChI is InChI=1S/C22H28N4O3/c1-3-23-22(24-14-20(27)16-9-11-19(29-2)12-10-16)25-17-13-21(28)26(15-17)18-7-5-4-6-8-18/h4-12,17,20,27H,3,13-15H2,1-2H3,(H2,23,24,25). The molecule has 1 fully saturated rings. The number of aliphatic hydroxyl groups excluding tert-OH is 1. The number of aliphatic hydroxyl groups is 1. The monoisotopic (exact) mass is 396 g/mol. The molecule has 0 bridgehead atoms. The van der Waals surface area contributed by atoms with Gasteiger partial charge >= 0.3 is 0 Å². The molecule has 7 heteroatoms. The average Bonchev–Trinajstić information content (AvgIpc) is 3.12. The van der Waals surface area contributed by atoms with E-state index in [1.807, 2.05) is 61.5 Å². The van der Waals surface area contributed by atoms with E-state index in [9.17, 15) is 9.90 Å². The average molecular weight is 396 g/mol. The van der Waals surface area contributed by atoms with Crippen molar-refractivity contribution in [1.82, 2.24) is 10.6 Å². The predicted molar refractivity (Wildman–Crippen MR) is 114 cm³/mol. The Bertz CT molecular complexity index is 824. The van der Waals surface area contributed by atoms with E-state index < -0.39 is 6.10 Å². The summed E-state index contributed by atoms with van der Waals surface area (Å²) in [6.45, 7) is 3.46. The van der Waals surface area contributed by atoms with Crippen LogP contribution in [0.5, 0.6) is 5.75 Å². The number of benzene rings is 2. The number of nitrogens with one attached hydrogen (secondary N) is 2. The first-order valence-electron chi connectivity index (χ1n) is 9.83. The summed E-state index contributed by atoms with van der Waals surface area (Å²) in [5, 5.41) is 16.9. The van der Waals surface area contributed by atoms with E-state index in [-0.39, 0.29) is 18.5 Å². The van der Waals surface area contributed by atoms with E-state index in [1.54, 1.807) is 12.0 Å². The summed E-state index contributed by atoms with van der Waals surface area (Å²) in [5.41, 5.74) is 1.68. The second kappa shape index (κ2) is 9.93. The summed E-state index contributed by atoms with van der Waals surface area (Å²) in [6, 6.07) is 16.9. The zero-order valence-corrected chi connectivity index (χ0v) is 16.8. The zero-order chi connectivity index (χ0) is 20.6. The smallest absolute Gasteiger partial charge is 0.229 e. The minimum Gasteiger partial charge on any atom is -0.497 e. The molecule has 1 aliphatic heterocycles. The lowest BCUT2D eigenvalue weighted by Crippen LogP contribution is -2.44. The first-order valence-corrected chi connectivity index (χ1v) is 9.83. The van der Waals surface area contributed by atoms with Gasteiger partial charge in [0.05, 0.1) is 25.8 Å². The fourth-order valence-corrected chi connectivity index (χ4v) is 3.28. The number of amides is 1. The van der Waals surface area contributed by atoms with Crippen molar-refractivity contribution in [1.29, 1.82) is 0 Å². The Balaban J connectivity index is 1.61. The molecule has 0 radical (unpaired) electrons. The summed E-state index contributed by atoms with van der Waals surface area (Å²) in [6.07, 6.45) is -0.317. The highest BCUT2D eigenvalue weighted by molar-refractivity contribution is 5.97. The molecule has 1 saturated heterocycles. The molecular formula is C22H28N4O3. The predicted octanol–water partition coefficient (Wildman–Crippen LogP) is 2.09. The normalized spacial score (nSPS) is 17.9. The number of carbonyl (C=O) groups excluding carboxylic acids is 1. The van der Waals surface area contributed by atoms with Gasteiger partial charge in [0, 0.05) is 25.2 Å². The second-order valence-corrected chi connectivity index (χ2v) is 6.89. The summed E-state index contributed by atoms with van der Waals surface area (Å²) in [4.78, 5) is 18.7. The summed E-state index contributed by atoms with van der Waals surface area (Å²) < 4.78 is 5.14. The van der Waals surface area contributed by atoms with Gasteiger partial charge in [0.15, 0.2) is 5.96 Å². The lowest BCUT2D eigenvalue weighted by molar-refractivity contribution is -0.117. The number of carbonyl (C=O) groups is 1. The molecule has 0 saturated carbocycles. The van der Waals surface area contributed by atoms with Gasteiger partial charge in [-0.1, -0.05) is 30.3 Å². The van der Waals surface area contributed by atoms with E-state index in [1.165, 1.54) is 0 Å². The van der Waals surface area contributed by atoms with Crippen LogP contribution in [0.1, 0.15) is 25.0 Å². The highest BCUT2D eigenvalue weighted by atomic mass is 16.5. The van der Waals surface area contributed by atoms with Crippen LogP contribution in [-0.4, -0.2) is 49.8 Å². The maximum atomic E-state index is 12.4. The summed E-state index contributed by atoms with van der Waals surface area (Å²) in [7, 11) is 1.61. The van der Waals surface area contributed by atoms with Crippen molar-refractivity contribution < 1.29 is 14.6 Å². The second-order valence-electron chi connectivity index (χ2n) is 6.89. The molecule has 154 valence electrons. The van der Waals surface area contributed by atoms with Gasteiger partial charge in [-0.15, -0.1) is 0 Å². The molecule has 1 aliphatic rings. The molecule has 3 N–H and O–H groups in total. The number of aliphatic imine (C=N–C) groups is 1. The minimum absolute atomic E-state index is 0.0429. The maximum absolute atomic E-state index is 12.4. The fourth-order valence-electron chi connectivity index (χ4n) is 3.28. The van der Waals surface area contributed by atoms with Crippen LogP contribution in [-0.2, 0) is 4.79 Å². The molecule has 0 aromatic heterocycles. The molecule has 2 unspecified atom stereocenters. The van der Waals surface area contributed by atoms with Crippen LogP contribution in [0.25, 0.3) is 0 Å². The number of rotatable bonds is 7. The highest BCUT2D eigenvalue weighted by Gasteiger charge is 2.31. The van der Waals surface area contributed by atoms with E-state index in [0.29, 0.717) is 25.5 Å². The van der Waals surface area contributed by atoms with Crippen molar-refractivity contribution in [2.24, 2.45) is 4.99 Å². The molecule has 2 aromatic carbocycles. The van der Waals surface area contributed by atoms with Gasteiger partial charge in [-0.3, -0.25) is 9.79 Å². The Morgan fingerprint density at radius 1 is 1.24 bits per heavy atom. The van der Waals surface area contributed by atoms with Crippen LogP contribution in [0.15, 0.2) is 59.6 Å². The SMILES string of the molecule is CCNC(=NCC(O)c1ccc(OC)cc1)NC1CC(=O)N(c2ccccc2)C1. The number of methoxy groups -OCH3 is 1. The Hall–Kier alpha value is -3.06. The zero-order valence-electron chi connectivity index (χ0n) is 16.8. The lowest BCUT2D eigenvalue weighted by Gasteiger charge is -2.19. The van der Waals surface area contributed by atoms with Gasteiger partial charge in [0.2, 0.25) is 5.91 Å². The third-order valence-electron chi connectivity index (χ3n) is 4.80. The maximum Gasteiger partial charge on any atom is 0.229 e. The van der Waals surface area contributed by atoms with E-state index >= 15 is 0 Å². The molecule has 0 aliphatic carbocycles. The summed E-state index contributed by atoms with van der Waals surface area (Å²) >= 11 is 0. The first kappa shape index (κ1) is 20.7. The number of ether oxygens (including phenoxy) is 1. The van der Waals surface area contributed by atoms with Gasteiger partial charge in [-0.05, 0) is 36.8 Å². The minimum atomic E-state index is -0.720. The molecule has 2 aromatic rings. The summed E-state index contributed by atoms with van der Waals surface area (Å²) in [5.74, 6) is 1.42. The van der Waals surface area contributed by atoms with Gasteiger partial charge in [-0.25, -0.2) is 0 Å². The molecule has 0 spiro atoms. The van der Waals surface area contributed by atoms with Crippen molar-refractivity contribution in [3.05, 3.63) is 60.2 Å². The van der Waals surface area contributed by atoms with Crippen molar-refractivity contribution in [3.8, 4) is 5.75 Å². The highest BCUT2D eigenvalue weighted by Crippen LogP contribution is 2.21. The van der Waals surface area contributed by atoms with Gasteiger partial charge in [0.1, 0.15) is 5.75 Å². The third kappa shape index (κ3) is 5.48. The fraction of sp³-hybridized carbons (Fsp3) is 0.364. The topological polar surface area (TPSA) is 86.2 Å². The molecule has 2 atom stereocenters. The molecule has 1 amide bonds. The van der Waals surface area contributed by atoms with Crippen LogP contribution in [0.2, 0.25) is 0 Å². The van der Waals surface area contributed by atoms with E-state index in [4.69, 9.17) is 4.74 Å². The Kier molecular flexibility index (Phi) is 7.08. The van der Waals surface area contributed by atoms with Crippen LogP contribution < -0.4 is 20.3 Å². The van der Waals surface area contributed by atoms with Crippen LogP contribution in [0.3, 0.4) is 0 Å². The van der Waals surface area contributed by atoms with Gasteiger partial charge in [-0.2, -0.15) is 0 Å². The van der Waals surface area contributed by atoms with Crippen LogP contribution >= 0.6 is 0 Å². The molecule has 29 heavy (non-hydrogen) atoms. The number of nitrogens with zero attached hydrogens (tertiary/aromatic N) is 2. The molecule has 7 nitrogen and oxygen atoms in total. The number of para-hydroxylation sites is 1. The van der Waals surface area contributed by atoms with Crippen molar-refractivity contribution in [2.75, 3.05) is 31.6 Å². The van der Waals surface area contributed by atoms with Crippen LogP contribution in [0.4, 0.5) is 5.69 Å². The number of guanidine groups is 1. The number of hydrogen-bond donors (Lipinski definition) is 3.